The molecule has 2 rings (SSSR count). The molecule has 0 spiro atoms. The van der Waals surface area contributed by atoms with E-state index in [2.05, 4.69) is 0 Å². The Labute approximate surface area is 222 Å². The van der Waals surface area contributed by atoms with Gasteiger partial charge in [-0.05, 0) is 53.1 Å². The number of Topliss-reactive ketones (excluding diaryl/α,β-unsaturated/α-hetero) is 1. The molecule has 2 aliphatic rings. The molecular formula is C28H50NO8. The fourth-order valence-electron chi connectivity index (χ4n) is 5.60. The maximum Gasteiger partial charge on any atom is 0.311 e. The SMILES string of the molecule is CC[C@H]1OC(=O)[C@H](C)[C@@H](O)[CH][C@@H](OC2OC(C)CC(N(C)C)C2O)[C@@H](C)C[C@@H](C)C(=O)[C@H](C)[C@@H](O)[C@H]1C. The lowest BCUT2D eigenvalue weighted by Crippen LogP contribution is -2.55. The van der Waals surface area contributed by atoms with E-state index in [1.807, 2.05) is 46.7 Å². The van der Waals surface area contributed by atoms with Crippen LogP contribution >= 0.6 is 0 Å². The van der Waals surface area contributed by atoms with Gasteiger partial charge >= 0.3 is 5.97 Å². The number of likely N-dealkylation sites (N-methyl/N-ethyl adjacent to an activating group) is 1. The molecule has 3 N–H and O–H groups in total. The number of rotatable bonds is 4. The van der Waals surface area contributed by atoms with Crippen molar-refractivity contribution in [2.24, 2.45) is 29.6 Å². The molecule has 2 aliphatic heterocycles. The molecule has 1 radical (unpaired) electrons. The number of aliphatic hydroxyl groups excluding tert-OH is 3. The molecule has 13 atom stereocenters. The summed E-state index contributed by atoms with van der Waals surface area (Å²) in [7, 11) is 3.78. The molecule has 215 valence electrons. The number of ether oxygens (including phenoxy) is 3. The molecule has 0 amide bonds. The summed E-state index contributed by atoms with van der Waals surface area (Å²) in [6.45, 7) is 12.6. The van der Waals surface area contributed by atoms with Crippen LogP contribution in [0.1, 0.15) is 67.7 Å². The third-order valence-corrected chi connectivity index (χ3v) is 8.37. The topological polar surface area (TPSA) is 126 Å². The second kappa shape index (κ2) is 13.8. The van der Waals surface area contributed by atoms with Gasteiger partial charge in [0.2, 0.25) is 0 Å². The first-order chi connectivity index (χ1) is 17.2. The molecule has 9 heteroatoms. The molecule has 2 fully saturated rings. The fourth-order valence-corrected chi connectivity index (χ4v) is 5.60. The summed E-state index contributed by atoms with van der Waals surface area (Å²) in [5, 5.41) is 33.0. The molecule has 0 aromatic heterocycles. The highest BCUT2D eigenvalue weighted by Gasteiger charge is 2.42. The molecule has 4 unspecified atom stereocenters. The summed E-state index contributed by atoms with van der Waals surface area (Å²) in [5.74, 6) is -3.24. The molecule has 9 nitrogen and oxygen atoms in total. The number of carbonyl (C=O) groups is 2. The van der Waals surface area contributed by atoms with Crippen LogP contribution in [0, 0.1) is 36.0 Å². The molecule has 0 saturated carbocycles. The van der Waals surface area contributed by atoms with Gasteiger partial charge < -0.3 is 34.4 Å². The van der Waals surface area contributed by atoms with Crippen molar-refractivity contribution in [3.05, 3.63) is 6.42 Å². The number of nitrogens with zero attached hydrogens (tertiary/aromatic N) is 1. The van der Waals surface area contributed by atoms with Gasteiger partial charge in [0.15, 0.2) is 6.29 Å². The van der Waals surface area contributed by atoms with E-state index in [-0.39, 0.29) is 29.8 Å². The number of ketones is 1. The zero-order valence-electron chi connectivity index (χ0n) is 24.0. The van der Waals surface area contributed by atoms with Crippen molar-refractivity contribution in [1.29, 1.82) is 0 Å². The second-order valence-electron chi connectivity index (χ2n) is 11.7. The van der Waals surface area contributed by atoms with Crippen LogP contribution in [0.3, 0.4) is 0 Å². The Morgan fingerprint density at radius 1 is 0.973 bits per heavy atom. The van der Waals surface area contributed by atoms with Crippen LogP contribution in [0.4, 0.5) is 0 Å². The molecule has 2 saturated heterocycles. The summed E-state index contributed by atoms with van der Waals surface area (Å²) < 4.78 is 17.9. The molecule has 0 aliphatic carbocycles. The van der Waals surface area contributed by atoms with Gasteiger partial charge in [-0.3, -0.25) is 9.59 Å². The van der Waals surface area contributed by atoms with Gasteiger partial charge in [-0.2, -0.15) is 0 Å². The largest absolute Gasteiger partial charge is 0.462 e. The number of hydrogen-bond acceptors (Lipinski definition) is 9. The lowest BCUT2D eigenvalue weighted by atomic mass is 9.79. The maximum atomic E-state index is 13.3. The monoisotopic (exact) mass is 528 g/mol. The quantitative estimate of drug-likeness (QED) is 0.471. The number of aliphatic hydroxyl groups is 3. The summed E-state index contributed by atoms with van der Waals surface area (Å²) in [4.78, 5) is 28.1. The third kappa shape index (κ3) is 7.96. The van der Waals surface area contributed by atoms with Crippen LogP contribution < -0.4 is 0 Å². The number of carbonyl (C=O) groups excluding carboxylic acids is 2. The van der Waals surface area contributed by atoms with Gasteiger partial charge in [0.1, 0.15) is 18.0 Å². The lowest BCUT2D eigenvalue weighted by molar-refractivity contribution is -0.270. The summed E-state index contributed by atoms with van der Waals surface area (Å²) in [6, 6.07) is -0.169. The smallest absolute Gasteiger partial charge is 0.311 e. The van der Waals surface area contributed by atoms with Gasteiger partial charge in [-0.25, -0.2) is 0 Å². The van der Waals surface area contributed by atoms with Gasteiger partial charge in [0.05, 0.1) is 30.3 Å². The van der Waals surface area contributed by atoms with Crippen LogP contribution in [0.25, 0.3) is 0 Å². The maximum absolute atomic E-state index is 13.3. The molecule has 37 heavy (non-hydrogen) atoms. The van der Waals surface area contributed by atoms with E-state index in [0.29, 0.717) is 19.3 Å². The van der Waals surface area contributed by atoms with E-state index in [4.69, 9.17) is 14.2 Å². The number of hydrogen-bond donors (Lipinski definition) is 3. The first-order valence-electron chi connectivity index (χ1n) is 13.8. The lowest BCUT2D eigenvalue weighted by Gasteiger charge is -2.43. The highest BCUT2D eigenvalue weighted by molar-refractivity contribution is 5.83. The average molecular weight is 529 g/mol. The predicted octanol–water partition coefficient (Wildman–Crippen LogP) is 2.20. The van der Waals surface area contributed by atoms with Crippen molar-refractivity contribution in [2.75, 3.05) is 14.1 Å². The Bertz CT molecular complexity index is 748. The highest BCUT2D eigenvalue weighted by atomic mass is 16.7. The van der Waals surface area contributed by atoms with E-state index in [0.717, 1.165) is 0 Å². The summed E-state index contributed by atoms with van der Waals surface area (Å²) >= 11 is 0. The Kier molecular flexibility index (Phi) is 12.0. The Morgan fingerprint density at radius 2 is 1.59 bits per heavy atom. The Morgan fingerprint density at radius 3 is 2.16 bits per heavy atom. The standard InChI is InChI=1S/C28H50NO8/c1-10-22-18(6)25(32)19(7)24(31)15(3)11-14(2)23(13-21(30)17(5)27(34)36-22)37-28-26(33)20(29(8)9)12-16(4)35-28/h13-23,25-26,28,30,32-33H,10-12H2,1-9H3/t14-,15+,16?,17+,18-,19-,20?,21-,22+,23+,25-,26?,28?/m0/s1. The van der Waals surface area contributed by atoms with E-state index in [1.165, 1.54) is 0 Å². The molecule has 0 aromatic rings. The van der Waals surface area contributed by atoms with Crippen molar-refractivity contribution >= 4 is 11.8 Å². The van der Waals surface area contributed by atoms with Gasteiger partial charge in [-0.1, -0.05) is 34.6 Å². The predicted molar refractivity (Wildman–Crippen MR) is 139 cm³/mol. The molecule has 0 bridgehead atoms. The number of cyclic esters (lactones) is 1. The van der Waals surface area contributed by atoms with Crippen LogP contribution in [0.2, 0.25) is 0 Å². The van der Waals surface area contributed by atoms with Crippen LogP contribution in [0.15, 0.2) is 0 Å². The number of esters is 1. The molecule has 0 aromatic carbocycles. The van der Waals surface area contributed by atoms with Crippen molar-refractivity contribution in [3.8, 4) is 0 Å². The normalized spacial score (nSPS) is 45.4. The van der Waals surface area contributed by atoms with Gasteiger partial charge in [0, 0.05) is 30.2 Å². The van der Waals surface area contributed by atoms with E-state index in [9.17, 15) is 24.9 Å². The Balaban J connectivity index is 2.36. The minimum Gasteiger partial charge on any atom is -0.462 e. The van der Waals surface area contributed by atoms with Gasteiger partial charge in [0.25, 0.3) is 0 Å². The minimum atomic E-state index is -1.19. The van der Waals surface area contributed by atoms with E-state index in [1.54, 1.807) is 27.2 Å². The fraction of sp³-hybridized carbons (Fsp3) is 0.893. The first kappa shape index (κ1) is 32.1. The van der Waals surface area contributed by atoms with Crippen LogP contribution in [0.5, 0.6) is 0 Å². The zero-order valence-corrected chi connectivity index (χ0v) is 24.0. The average Bonchev–Trinajstić information content (AvgIpc) is 2.85. The zero-order chi connectivity index (χ0) is 28.2. The Hall–Kier alpha value is -1.10. The van der Waals surface area contributed by atoms with Crippen molar-refractivity contribution in [1.82, 2.24) is 4.90 Å². The molecule has 2 heterocycles. The second-order valence-corrected chi connectivity index (χ2v) is 11.7. The minimum absolute atomic E-state index is 0.0765. The summed E-state index contributed by atoms with van der Waals surface area (Å²) in [5.41, 5.74) is 0. The van der Waals surface area contributed by atoms with E-state index >= 15 is 0 Å². The molecular weight excluding hydrogens is 478 g/mol. The van der Waals surface area contributed by atoms with Crippen LogP contribution in [-0.2, 0) is 23.8 Å². The summed E-state index contributed by atoms with van der Waals surface area (Å²) in [6.07, 6.45) is -2.36. The highest BCUT2D eigenvalue weighted by Crippen LogP contribution is 2.32. The van der Waals surface area contributed by atoms with Crippen molar-refractivity contribution in [2.45, 2.75) is 117 Å². The third-order valence-electron chi connectivity index (χ3n) is 8.37. The van der Waals surface area contributed by atoms with Crippen molar-refractivity contribution in [3.63, 3.8) is 0 Å². The first-order valence-corrected chi connectivity index (χ1v) is 13.8. The van der Waals surface area contributed by atoms with Gasteiger partial charge in [-0.15, -0.1) is 0 Å². The van der Waals surface area contributed by atoms with Crippen molar-refractivity contribution < 1.29 is 39.1 Å². The van der Waals surface area contributed by atoms with Crippen LogP contribution in [-0.4, -0.2) is 95.0 Å². The van der Waals surface area contributed by atoms with E-state index < -0.39 is 60.5 Å².